The van der Waals surface area contributed by atoms with Crippen molar-refractivity contribution in [3.05, 3.63) is 68.2 Å². The molecule has 2 aromatic rings. The van der Waals surface area contributed by atoms with Crippen molar-refractivity contribution in [3.63, 3.8) is 0 Å². The quantitative estimate of drug-likeness (QED) is 0.473. The van der Waals surface area contributed by atoms with E-state index in [2.05, 4.69) is 5.32 Å². The molecule has 0 aromatic heterocycles. The van der Waals surface area contributed by atoms with Gasteiger partial charge >= 0.3 is 0 Å². The molecule has 0 aliphatic heterocycles. The Hall–Kier alpha value is -2.49. The highest BCUT2D eigenvalue weighted by Gasteiger charge is 2.39. The van der Waals surface area contributed by atoms with Gasteiger partial charge in [-0.15, -0.1) is 0 Å². The van der Waals surface area contributed by atoms with Crippen molar-refractivity contribution in [1.82, 2.24) is 9.62 Å². The molecule has 0 heterocycles. The van der Waals surface area contributed by atoms with E-state index in [1.807, 2.05) is 0 Å². The predicted molar refractivity (Wildman–Crippen MR) is 116 cm³/mol. The van der Waals surface area contributed by atoms with Crippen LogP contribution in [0.25, 0.3) is 0 Å². The minimum absolute atomic E-state index is 0.0366. The first kappa shape index (κ1) is 21.7. The largest absolute Gasteiger partial charge is 0.349 e. The van der Waals surface area contributed by atoms with Crippen LogP contribution in [0, 0.1) is 17.0 Å². The van der Waals surface area contributed by atoms with Crippen LogP contribution in [0.3, 0.4) is 0 Å². The van der Waals surface area contributed by atoms with Gasteiger partial charge in [0.25, 0.3) is 11.6 Å². The van der Waals surface area contributed by atoms with Gasteiger partial charge in [0, 0.05) is 35.8 Å². The molecule has 2 saturated carbocycles. The summed E-state index contributed by atoms with van der Waals surface area (Å²) < 4.78 is 28.0. The summed E-state index contributed by atoms with van der Waals surface area (Å²) in [4.78, 5) is 22.7. The molecule has 0 saturated heterocycles. The Morgan fingerprint density at radius 2 is 1.84 bits per heavy atom. The summed E-state index contributed by atoms with van der Waals surface area (Å²) >= 11 is 6.09. The Bertz CT molecular complexity index is 1140. The SMILES string of the molecule is Cc1c(Cl)cc(S(=O)(=O)N(Cc2ccc(C(=O)NC3CC3)cc2)C2CC2)cc1[N+](=O)[O-]. The second-order valence-electron chi connectivity index (χ2n) is 8.03. The first-order valence-electron chi connectivity index (χ1n) is 10.0. The minimum Gasteiger partial charge on any atom is -0.349 e. The number of hydrogen-bond acceptors (Lipinski definition) is 5. The highest BCUT2D eigenvalue weighted by Crippen LogP contribution is 2.36. The number of benzene rings is 2. The molecular weight excluding hydrogens is 442 g/mol. The van der Waals surface area contributed by atoms with E-state index >= 15 is 0 Å². The van der Waals surface area contributed by atoms with E-state index in [0.717, 1.165) is 37.3 Å². The standard InChI is InChI=1S/C21H22ClN3O5S/c1-13-19(22)10-18(11-20(13)25(27)28)31(29,30)24(17-8-9-17)12-14-2-4-15(5-3-14)21(26)23-16-6-7-16/h2-5,10-11,16-17H,6-9,12H2,1H3,(H,23,26). The normalized spacial score (nSPS) is 16.4. The molecule has 10 heteroatoms. The number of nitro benzene ring substituents is 1. The molecule has 0 bridgehead atoms. The molecule has 1 amide bonds. The van der Waals surface area contributed by atoms with Gasteiger partial charge in [-0.05, 0) is 56.4 Å². The molecule has 0 unspecified atom stereocenters. The molecule has 1 N–H and O–H groups in total. The molecule has 2 aliphatic rings. The van der Waals surface area contributed by atoms with Crippen LogP contribution in [-0.2, 0) is 16.6 Å². The zero-order chi connectivity index (χ0) is 22.3. The van der Waals surface area contributed by atoms with Crippen LogP contribution < -0.4 is 5.32 Å². The third-order valence-corrected chi connectivity index (χ3v) is 7.78. The maximum Gasteiger partial charge on any atom is 0.275 e. The Labute approximate surface area is 185 Å². The lowest BCUT2D eigenvalue weighted by atomic mass is 10.1. The van der Waals surface area contributed by atoms with E-state index in [4.69, 9.17) is 11.6 Å². The highest BCUT2D eigenvalue weighted by atomic mass is 35.5. The maximum atomic E-state index is 13.3. The molecule has 164 valence electrons. The summed E-state index contributed by atoms with van der Waals surface area (Å²) in [7, 11) is -4.00. The topological polar surface area (TPSA) is 110 Å². The Morgan fingerprint density at radius 1 is 1.19 bits per heavy atom. The van der Waals surface area contributed by atoms with Gasteiger partial charge in [-0.3, -0.25) is 14.9 Å². The van der Waals surface area contributed by atoms with Gasteiger partial charge in [0.1, 0.15) is 0 Å². The molecular formula is C21H22ClN3O5S. The van der Waals surface area contributed by atoms with Crippen LogP contribution in [0.15, 0.2) is 41.3 Å². The number of nitrogens with one attached hydrogen (secondary N) is 1. The third kappa shape index (κ3) is 4.73. The fourth-order valence-corrected chi connectivity index (χ4v) is 5.32. The molecule has 0 atom stereocenters. The zero-order valence-electron chi connectivity index (χ0n) is 16.9. The van der Waals surface area contributed by atoms with Crippen molar-refractivity contribution in [2.75, 3.05) is 0 Å². The highest BCUT2D eigenvalue weighted by molar-refractivity contribution is 7.89. The lowest BCUT2D eigenvalue weighted by molar-refractivity contribution is -0.385. The molecule has 31 heavy (non-hydrogen) atoms. The fourth-order valence-electron chi connectivity index (χ4n) is 3.32. The molecule has 0 spiro atoms. The van der Waals surface area contributed by atoms with Gasteiger partial charge in [-0.25, -0.2) is 8.42 Å². The van der Waals surface area contributed by atoms with E-state index in [1.54, 1.807) is 24.3 Å². The van der Waals surface area contributed by atoms with Gasteiger partial charge < -0.3 is 5.32 Å². The number of rotatable bonds is 8. The zero-order valence-corrected chi connectivity index (χ0v) is 18.4. The van der Waals surface area contributed by atoms with E-state index in [0.29, 0.717) is 5.56 Å². The van der Waals surface area contributed by atoms with Crippen LogP contribution in [0.5, 0.6) is 0 Å². The predicted octanol–water partition coefficient (Wildman–Crippen LogP) is 3.80. The van der Waals surface area contributed by atoms with Crippen molar-refractivity contribution in [2.45, 2.75) is 56.1 Å². The first-order valence-corrected chi connectivity index (χ1v) is 11.8. The smallest absolute Gasteiger partial charge is 0.275 e. The Morgan fingerprint density at radius 3 is 2.39 bits per heavy atom. The van der Waals surface area contributed by atoms with Crippen LogP contribution in [-0.4, -0.2) is 35.6 Å². The number of carbonyl (C=O) groups is 1. The Kier molecular flexibility index (Phi) is 5.76. The average Bonchev–Trinajstić information content (AvgIpc) is 3.63. The van der Waals surface area contributed by atoms with Crippen LogP contribution in [0.1, 0.15) is 47.2 Å². The number of carbonyl (C=O) groups excluding carboxylic acids is 1. The summed E-state index contributed by atoms with van der Waals surface area (Å²) in [6.07, 6.45) is 3.45. The molecule has 2 aromatic carbocycles. The van der Waals surface area contributed by atoms with Crippen molar-refractivity contribution >= 4 is 33.2 Å². The van der Waals surface area contributed by atoms with Crippen molar-refractivity contribution in [2.24, 2.45) is 0 Å². The van der Waals surface area contributed by atoms with Gasteiger partial charge in [-0.2, -0.15) is 4.31 Å². The molecule has 8 nitrogen and oxygen atoms in total. The summed E-state index contributed by atoms with van der Waals surface area (Å²) in [6.45, 7) is 1.59. The summed E-state index contributed by atoms with van der Waals surface area (Å²) in [5.74, 6) is -0.137. The number of sulfonamides is 1. The monoisotopic (exact) mass is 463 g/mol. The summed E-state index contributed by atoms with van der Waals surface area (Å²) in [5, 5.41) is 14.3. The molecule has 4 rings (SSSR count). The number of nitrogens with zero attached hydrogens (tertiary/aromatic N) is 2. The van der Waals surface area contributed by atoms with Crippen molar-refractivity contribution in [3.8, 4) is 0 Å². The fraction of sp³-hybridized carbons (Fsp3) is 0.381. The minimum atomic E-state index is -4.00. The van der Waals surface area contributed by atoms with E-state index < -0.39 is 14.9 Å². The van der Waals surface area contributed by atoms with Crippen LogP contribution >= 0.6 is 11.6 Å². The first-order chi connectivity index (χ1) is 14.7. The van der Waals surface area contributed by atoms with Crippen LogP contribution in [0.4, 0.5) is 5.69 Å². The average molecular weight is 464 g/mol. The van der Waals surface area contributed by atoms with Gasteiger partial charge in [0.2, 0.25) is 10.0 Å². The summed E-state index contributed by atoms with van der Waals surface area (Å²) in [5.41, 5.74) is 1.15. The summed E-state index contributed by atoms with van der Waals surface area (Å²) in [6, 6.07) is 9.25. The van der Waals surface area contributed by atoms with Gasteiger partial charge in [0.15, 0.2) is 0 Å². The van der Waals surface area contributed by atoms with Crippen molar-refractivity contribution in [1.29, 1.82) is 0 Å². The lowest BCUT2D eigenvalue weighted by Crippen LogP contribution is -2.32. The number of hydrogen-bond donors (Lipinski definition) is 1. The van der Waals surface area contributed by atoms with Crippen LogP contribution in [0.2, 0.25) is 5.02 Å². The number of nitro groups is 1. The number of halogens is 1. The maximum absolute atomic E-state index is 13.3. The lowest BCUT2D eigenvalue weighted by Gasteiger charge is -2.22. The van der Waals surface area contributed by atoms with Gasteiger partial charge in [0.05, 0.1) is 14.8 Å². The second kappa shape index (κ2) is 8.22. The second-order valence-corrected chi connectivity index (χ2v) is 10.3. The molecule has 2 fully saturated rings. The van der Waals surface area contributed by atoms with E-state index in [-0.39, 0.29) is 45.7 Å². The van der Waals surface area contributed by atoms with E-state index in [9.17, 15) is 23.3 Å². The van der Waals surface area contributed by atoms with E-state index in [1.165, 1.54) is 17.3 Å². The molecule has 0 radical (unpaired) electrons. The third-order valence-electron chi connectivity index (χ3n) is 5.51. The molecule has 2 aliphatic carbocycles. The Balaban J connectivity index is 1.59. The van der Waals surface area contributed by atoms with Gasteiger partial charge in [-0.1, -0.05) is 23.7 Å². The number of amides is 1. The van der Waals surface area contributed by atoms with Crippen molar-refractivity contribution < 1.29 is 18.1 Å².